The van der Waals surface area contributed by atoms with Crippen molar-refractivity contribution >= 4 is 40.7 Å². The van der Waals surface area contributed by atoms with Gasteiger partial charge in [-0.3, -0.25) is 4.79 Å². The molecule has 0 heterocycles. The third-order valence-corrected chi connectivity index (χ3v) is 3.99. The van der Waals surface area contributed by atoms with E-state index in [1.54, 1.807) is 23.9 Å². The average molecular weight is 291 g/mol. The van der Waals surface area contributed by atoms with Gasteiger partial charge in [-0.05, 0) is 17.7 Å². The number of benzene rings is 1. The molecule has 1 nitrogen and oxygen atoms in total. The highest BCUT2D eigenvalue weighted by atomic mass is 35.5. The zero-order valence-electron chi connectivity index (χ0n) is 10.2. The summed E-state index contributed by atoms with van der Waals surface area (Å²) in [6.07, 6.45) is 0.374. The van der Waals surface area contributed by atoms with Crippen LogP contribution in [-0.4, -0.2) is 16.3 Å². The Hall–Kier alpha value is -0.180. The molecule has 0 amide bonds. The third kappa shape index (κ3) is 5.80. The van der Waals surface area contributed by atoms with Gasteiger partial charge >= 0.3 is 0 Å². The predicted octanol–water partition coefficient (Wildman–Crippen LogP) is 4.64. The standard InChI is InChI=1S/C13H16Cl2OS/c1-13(2,3)17-8-11(16)6-9-4-5-10(14)7-12(9)15/h4-5,7H,6,8H2,1-3H3. The van der Waals surface area contributed by atoms with Gasteiger partial charge in [-0.25, -0.2) is 0 Å². The van der Waals surface area contributed by atoms with E-state index in [-0.39, 0.29) is 10.5 Å². The van der Waals surface area contributed by atoms with Crippen molar-refractivity contribution in [1.29, 1.82) is 0 Å². The molecule has 0 aliphatic carbocycles. The Balaban J connectivity index is 2.57. The van der Waals surface area contributed by atoms with Gasteiger partial charge in [0.1, 0.15) is 5.78 Å². The lowest BCUT2D eigenvalue weighted by atomic mass is 10.1. The van der Waals surface area contributed by atoms with Crippen LogP contribution in [0.2, 0.25) is 10.0 Å². The molecule has 0 radical (unpaired) electrons. The largest absolute Gasteiger partial charge is 0.298 e. The van der Waals surface area contributed by atoms with Crippen molar-refractivity contribution in [2.45, 2.75) is 31.9 Å². The van der Waals surface area contributed by atoms with Crippen molar-refractivity contribution in [2.24, 2.45) is 0 Å². The normalized spacial score (nSPS) is 11.6. The molecule has 0 saturated heterocycles. The Morgan fingerprint density at radius 3 is 2.47 bits per heavy atom. The van der Waals surface area contributed by atoms with Gasteiger partial charge in [-0.1, -0.05) is 50.0 Å². The van der Waals surface area contributed by atoms with E-state index in [2.05, 4.69) is 20.8 Å². The summed E-state index contributed by atoms with van der Waals surface area (Å²) in [6.45, 7) is 6.29. The van der Waals surface area contributed by atoms with Crippen molar-refractivity contribution in [2.75, 3.05) is 5.75 Å². The van der Waals surface area contributed by atoms with Crippen molar-refractivity contribution in [3.8, 4) is 0 Å². The van der Waals surface area contributed by atoms with Crippen molar-refractivity contribution < 1.29 is 4.79 Å². The molecule has 0 bridgehead atoms. The van der Waals surface area contributed by atoms with Crippen LogP contribution in [0, 0.1) is 0 Å². The monoisotopic (exact) mass is 290 g/mol. The first-order valence-corrected chi connectivity index (χ1v) is 7.12. The minimum atomic E-state index is 0.111. The summed E-state index contributed by atoms with van der Waals surface area (Å²) in [5.41, 5.74) is 0.843. The van der Waals surface area contributed by atoms with Gasteiger partial charge in [-0.15, -0.1) is 11.8 Å². The van der Waals surface area contributed by atoms with Crippen LogP contribution in [0.15, 0.2) is 18.2 Å². The van der Waals surface area contributed by atoms with Crippen LogP contribution in [-0.2, 0) is 11.2 Å². The average Bonchev–Trinajstić information content (AvgIpc) is 2.18. The van der Waals surface area contributed by atoms with E-state index in [1.807, 2.05) is 6.07 Å². The van der Waals surface area contributed by atoms with E-state index in [0.29, 0.717) is 22.2 Å². The summed E-state index contributed by atoms with van der Waals surface area (Å²) < 4.78 is 0.111. The highest BCUT2D eigenvalue weighted by molar-refractivity contribution is 8.01. The fourth-order valence-corrected chi connectivity index (χ4v) is 2.40. The lowest BCUT2D eigenvalue weighted by Crippen LogP contribution is -2.14. The van der Waals surface area contributed by atoms with Crippen LogP contribution in [0.3, 0.4) is 0 Å². The SMILES string of the molecule is CC(C)(C)SCC(=O)Cc1ccc(Cl)cc1Cl. The number of hydrogen-bond acceptors (Lipinski definition) is 2. The fourth-order valence-electron chi connectivity index (χ4n) is 1.23. The predicted molar refractivity (Wildman–Crippen MR) is 77.4 cm³/mol. The van der Waals surface area contributed by atoms with E-state index in [1.165, 1.54) is 0 Å². The number of thioether (sulfide) groups is 1. The zero-order chi connectivity index (χ0) is 13.1. The molecule has 0 saturated carbocycles. The summed E-state index contributed by atoms with van der Waals surface area (Å²) in [5.74, 6) is 0.705. The molecule has 0 aromatic heterocycles. The highest BCUT2D eigenvalue weighted by Crippen LogP contribution is 2.25. The van der Waals surface area contributed by atoms with Gasteiger partial charge in [0.25, 0.3) is 0 Å². The Kier molecular flexibility index (Phi) is 5.36. The van der Waals surface area contributed by atoms with E-state index in [0.717, 1.165) is 5.56 Å². The van der Waals surface area contributed by atoms with Crippen molar-refractivity contribution in [3.63, 3.8) is 0 Å². The van der Waals surface area contributed by atoms with E-state index < -0.39 is 0 Å². The Morgan fingerprint density at radius 1 is 1.29 bits per heavy atom. The number of hydrogen-bond donors (Lipinski definition) is 0. The minimum absolute atomic E-state index is 0.111. The maximum atomic E-state index is 11.8. The molecule has 94 valence electrons. The number of ketones is 1. The number of carbonyl (C=O) groups excluding carboxylic acids is 1. The van der Waals surface area contributed by atoms with Crippen LogP contribution in [0.4, 0.5) is 0 Å². The van der Waals surface area contributed by atoms with Gasteiger partial charge in [-0.2, -0.15) is 0 Å². The van der Waals surface area contributed by atoms with Gasteiger partial charge < -0.3 is 0 Å². The van der Waals surface area contributed by atoms with Crippen LogP contribution >= 0.6 is 35.0 Å². The maximum Gasteiger partial charge on any atom is 0.147 e. The van der Waals surface area contributed by atoms with Crippen LogP contribution in [0.1, 0.15) is 26.3 Å². The van der Waals surface area contributed by atoms with Crippen LogP contribution < -0.4 is 0 Å². The summed E-state index contributed by atoms with van der Waals surface area (Å²) in [7, 11) is 0. The lowest BCUT2D eigenvalue weighted by molar-refractivity contribution is -0.116. The lowest BCUT2D eigenvalue weighted by Gasteiger charge is -2.16. The Morgan fingerprint density at radius 2 is 1.94 bits per heavy atom. The second kappa shape index (κ2) is 6.12. The quantitative estimate of drug-likeness (QED) is 0.804. The van der Waals surface area contributed by atoms with Crippen LogP contribution in [0.5, 0.6) is 0 Å². The number of rotatable bonds is 4. The zero-order valence-corrected chi connectivity index (χ0v) is 12.5. The number of halogens is 2. The molecule has 1 rings (SSSR count). The summed E-state index contributed by atoms with van der Waals surface area (Å²) in [6, 6.07) is 5.24. The van der Waals surface area contributed by atoms with E-state index >= 15 is 0 Å². The first kappa shape index (κ1) is 14.9. The van der Waals surface area contributed by atoms with Crippen molar-refractivity contribution in [3.05, 3.63) is 33.8 Å². The molecule has 0 aliphatic heterocycles. The third-order valence-electron chi connectivity index (χ3n) is 2.07. The molecule has 1 aromatic rings. The Labute approximate surface area is 117 Å². The topological polar surface area (TPSA) is 17.1 Å². The molecule has 0 spiro atoms. The number of Topliss-reactive ketones (excluding diaryl/α,β-unsaturated/α-hetero) is 1. The first-order chi connectivity index (χ1) is 7.78. The fraction of sp³-hybridized carbons (Fsp3) is 0.462. The van der Waals surface area contributed by atoms with Crippen molar-refractivity contribution in [1.82, 2.24) is 0 Å². The molecule has 17 heavy (non-hydrogen) atoms. The van der Waals surface area contributed by atoms with E-state index in [9.17, 15) is 4.79 Å². The second-order valence-electron chi connectivity index (χ2n) is 4.85. The highest BCUT2D eigenvalue weighted by Gasteiger charge is 2.14. The smallest absolute Gasteiger partial charge is 0.147 e. The molecule has 0 aliphatic rings. The molecule has 0 fully saturated rings. The maximum absolute atomic E-state index is 11.8. The van der Waals surface area contributed by atoms with E-state index in [4.69, 9.17) is 23.2 Å². The molecular formula is C13H16Cl2OS. The summed E-state index contributed by atoms with van der Waals surface area (Å²) >= 11 is 13.5. The van der Waals surface area contributed by atoms with Crippen LogP contribution in [0.25, 0.3) is 0 Å². The minimum Gasteiger partial charge on any atom is -0.298 e. The molecule has 0 atom stereocenters. The van der Waals surface area contributed by atoms with Gasteiger partial charge in [0, 0.05) is 21.2 Å². The first-order valence-electron chi connectivity index (χ1n) is 5.37. The molecular weight excluding hydrogens is 275 g/mol. The van der Waals surface area contributed by atoms with Gasteiger partial charge in [0.2, 0.25) is 0 Å². The number of carbonyl (C=O) groups is 1. The molecule has 1 aromatic carbocycles. The second-order valence-corrected chi connectivity index (χ2v) is 7.50. The van der Waals surface area contributed by atoms with Gasteiger partial charge in [0.05, 0.1) is 5.75 Å². The molecule has 0 N–H and O–H groups in total. The summed E-state index contributed by atoms with van der Waals surface area (Å²) in [4.78, 5) is 11.8. The van der Waals surface area contributed by atoms with Gasteiger partial charge in [0.15, 0.2) is 0 Å². The Bertz CT molecular complexity index is 410. The summed E-state index contributed by atoms with van der Waals surface area (Å²) in [5, 5.41) is 1.15. The molecule has 0 unspecified atom stereocenters. The molecule has 4 heteroatoms.